The maximum absolute atomic E-state index is 13.6. The Morgan fingerprint density at radius 3 is 2.43 bits per heavy atom. The van der Waals surface area contributed by atoms with Crippen molar-refractivity contribution in [1.82, 2.24) is 9.97 Å². The lowest BCUT2D eigenvalue weighted by Crippen LogP contribution is -2.37. The van der Waals surface area contributed by atoms with Gasteiger partial charge in [-0.05, 0) is 11.6 Å². The Kier molecular flexibility index (Phi) is 2.98. The summed E-state index contributed by atoms with van der Waals surface area (Å²) < 4.78 is 0. The molecule has 1 atom stereocenters. The first kappa shape index (κ1) is 16.6. The summed E-state index contributed by atoms with van der Waals surface area (Å²) in [6.07, 6.45) is 1.64. The predicted molar refractivity (Wildman–Crippen MR) is 115 cm³/mol. The van der Waals surface area contributed by atoms with Crippen LogP contribution >= 0.6 is 0 Å². The third-order valence-electron chi connectivity index (χ3n) is 5.81. The number of ketones is 1. The summed E-state index contributed by atoms with van der Waals surface area (Å²) in [4.78, 5) is 22.0. The van der Waals surface area contributed by atoms with E-state index in [2.05, 4.69) is 20.6 Å². The van der Waals surface area contributed by atoms with Crippen LogP contribution in [0.25, 0.3) is 11.5 Å². The van der Waals surface area contributed by atoms with Gasteiger partial charge in [-0.3, -0.25) is 4.79 Å². The Labute approximate surface area is 171 Å². The van der Waals surface area contributed by atoms with Crippen molar-refractivity contribution in [1.29, 1.82) is 0 Å². The van der Waals surface area contributed by atoms with E-state index in [4.69, 9.17) is 11.5 Å². The van der Waals surface area contributed by atoms with Gasteiger partial charge < -0.3 is 27.2 Å². The number of fused-ring (bicyclic) bond motifs is 6. The summed E-state index contributed by atoms with van der Waals surface area (Å²) in [5, 5.41) is 17.4. The molecule has 1 aliphatic heterocycles. The zero-order valence-electron chi connectivity index (χ0n) is 15.6. The van der Waals surface area contributed by atoms with E-state index in [-0.39, 0.29) is 23.3 Å². The molecule has 8 heteroatoms. The molecule has 146 valence electrons. The number of nitrogens with one attached hydrogen (secondary N) is 2. The van der Waals surface area contributed by atoms with Crippen LogP contribution in [0.4, 0.5) is 23.3 Å². The highest BCUT2D eigenvalue weighted by molar-refractivity contribution is 6.25. The molecule has 0 bridgehead atoms. The lowest BCUT2D eigenvalue weighted by molar-refractivity contribution is 0.102. The predicted octanol–water partition coefficient (Wildman–Crippen LogP) is 2.89. The Bertz CT molecular complexity index is 1360. The average molecular weight is 396 g/mol. The third kappa shape index (κ3) is 1.92. The first-order chi connectivity index (χ1) is 14.5. The molecular formula is C22H16N6O2. The van der Waals surface area contributed by atoms with Gasteiger partial charge in [0.05, 0.1) is 11.3 Å². The third-order valence-corrected chi connectivity index (χ3v) is 5.81. The quantitative estimate of drug-likeness (QED) is 0.391. The number of aliphatic hydroxyl groups excluding tert-OH is 1. The second-order valence-electron chi connectivity index (χ2n) is 7.45. The number of anilines is 4. The van der Waals surface area contributed by atoms with Crippen molar-refractivity contribution in [3.8, 4) is 0 Å². The Balaban J connectivity index is 1.73. The first-order valence-electron chi connectivity index (χ1n) is 9.38. The van der Waals surface area contributed by atoms with Crippen molar-refractivity contribution in [2.45, 2.75) is 5.54 Å². The molecule has 0 amide bonds. The van der Waals surface area contributed by atoms with Crippen LogP contribution in [-0.2, 0) is 5.54 Å². The van der Waals surface area contributed by atoms with Gasteiger partial charge in [-0.25, -0.2) is 0 Å². The van der Waals surface area contributed by atoms with Crippen LogP contribution in [0.2, 0.25) is 0 Å². The first-order valence-corrected chi connectivity index (χ1v) is 9.38. The number of benzene rings is 2. The van der Waals surface area contributed by atoms with Crippen molar-refractivity contribution in [3.05, 3.63) is 82.4 Å². The highest BCUT2D eigenvalue weighted by Gasteiger charge is 2.51. The lowest BCUT2D eigenvalue weighted by atomic mass is 9.82. The van der Waals surface area contributed by atoms with Crippen LogP contribution in [0.15, 0.2) is 60.2 Å². The molecule has 0 saturated heterocycles. The largest absolute Gasteiger partial charge is 0.508 e. The number of nitrogens with zero attached hydrogens (tertiary/aromatic N) is 2. The van der Waals surface area contributed by atoms with Gasteiger partial charge in [-0.1, -0.05) is 48.5 Å². The summed E-state index contributed by atoms with van der Waals surface area (Å²) in [7, 11) is 0. The Hall–Kier alpha value is -4.33. The van der Waals surface area contributed by atoms with E-state index in [1.165, 1.54) is 0 Å². The number of hydrogen-bond donors (Lipinski definition) is 5. The van der Waals surface area contributed by atoms with Crippen LogP contribution in [-0.4, -0.2) is 20.9 Å². The number of carbonyl (C=O) groups is 1. The molecule has 30 heavy (non-hydrogen) atoms. The second kappa shape index (κ2) is 5.38. The van der Waals surface area contributed by atoms with Crippen LogP contribution in [0, 0.1) is 0 Å². The molecule has 6 rings (SSSR count). The monoisotopic (exact) mass is 396 g/mol. The van der Waals surface area contributed by atoms with E-state index < -0.39 is 5.54 Å². The minimum absolute atomic E-state index is 0.00368. The van der Waals surface area contributed by atoms with E-state index in [0.29, 0.717) is 33.9 Å². The molecule has 2 aliphatic carbocycles. The van der Waals surface area contributed by atoms with Gasteiger partial charge in [-0.15, -0.1) is 0 Å². The second-order valence-corrected chi connectivity index (χ2v) is 7.45. The molecule has 1 aromatic heterocycles. The fraction of sp³-hybridized carbons (Fsp3) is 0.0455. The summed E-state index contributed by atoms with van der Waals surface area (Å²) in [5.41, 5.74) is 15.0. The molecule has 8 nitrogen and oxygen atoms in total. The molecule has 2 aromatic carbocycles. The number of carbonyl (C=O) groups excluding carboxylic acids is 1. The van der Waals surface area contributed by atoms with Crippen molar-refractivity contribution >= 4 is 40.5 Å². The Morgan fingerprint density at radius 1 is 0.933 bits per heavy atom. The summed E-state index contributed by atoms with van der Waals surface area (Å²) in [6.45, 7) is 0. The molecule has 7 N–H and O–H groups in total. The van der Waals surface area contributed by atoms with Crippen LogP contribution in [0.3, 0.4) is 0 Å². The number of hydrogen-bond acceptors (Lipinski definition) is 8. The molecule has 0 saturated carbocycles. The molecule has 3 aliphatic rings. The highest BCUT2D eigenvalue weighted by atomic mass is 16.3. The summed E-state index contributed by atoms with van der Waals surface area (Å²) >= 11 is 0. The molecule has 3 aromatic rings. The Morgan fingerprint density at radius 2 is 1.63 bits per heavy atom. The van der Waals surface area contributed by atoms with Gasteiger partial charge >= 0.3 is 0 Å². The van der Waals surface area contributed by atoms with Gasteiger partial charge in [0.15, 0.2) is 17.4 Å². The van der Waals surface area contributed by atoms with Gasteiger partial charge in [0.25, 0.3) is 0 Å². The van der Waals surface area contributed by atoms with Crippen molar-refractivity contribution in [2.75, 3.05) is 22.1 Å². The summed E-state index contributed by atoms with van der Waals surface area (Å²) in [6, 6.07) is 14.7. The van der Waals surface area contributed by atoms with E-state index in [1.54, 1.807) is 12.1 Å². The normalized spacial score (nSPS) is 20.5. The number of rotatable bonds is 0. The fourth-order valence-corrected chi connectivity index (χ4v) is 4.59. The molecule has 1 spiro atoms. The van der Waals surface area contributed by atoms with E-state index in [0.717, 1.165) is 11.1 Å². The minimum atomic E-state index is -1.16. The zero-order valence-corrected chi connectivity index (χ0v) is 15.6. The maximum Gasteiger partial charge on any atom is 0.224 e. The molecule has 1 unspecified atom stereocenters. The molecule has 0 fully saturated rings. The maximum atomic E-state index is 13.6. The standard InChI is InChI=1S/C22H16N6O2/c23-19-17-20(27-21(24)26-19)28-22(9-14(29)12-7-3-4-8-13(12)22)15-16(25-17)10-5-1-2-6-11(10)18(15)30/h1-9,25,29H,(H5,23,24,26,27,28). The highest BCUT2D eigenvalue weighted by Crippen LogP contribution is 2.53. The van der Waals surface area contributed by atoms with Gasteiger partial charge in [0.1, 0.15) is 17.0 Å². The van der Waals surface area contributed by atoms with Crippen molar-refractivity contribution in [2.24, 2.45) is 0 Å². The van der Waals surface area contributed by atoms with E-state index >= 15 is 0 Å². The topological polar surface area (TPSA) is 139 Å². The van der Waals surface area contributed by atoms with Crippen LogP contribution in [0.1, 0.15) is 27.0 Å². The number of nitrogens with two attached hydrogens (primary N) is 2. The van der Waals surface area contributed by atoms with Crippen molar-refractivity contribution < 1.29 is 9.90 Å². The number of nitrogen functional groups attached to an aromatic ring is 2. The van der Waals surface area contributed by atoms with Gasteiger partial charge in [0, 0.05) is 16.7 Å². The minimum Gasteiger partial charge on any atom is -0.508 e. The SMILES string of the molecule is Nc1nc(N)c2c(n1)NC1(C=C(O)c3ccccc31)C1=C(N2)c2ccccc2C1=O. The summed E-state index contributed by atoms with van der Waals surface area (Å²) in [5.74, 6) is 0.440. The lowest BCUT2D eigenvalue weighted by Gasteiger charge is -2.31. The fourth-order valence-electron chi connectivity index (χ4n) is 4.59. The van der Waals surface area contributed by atoms with Crippen LogP contribution in [0.5, 0.6) is 0 Å². The number of Topliss-reactive ketones (excluding diaryl/α,β-unsaturated/α-hetero) is 1. The average Bonchev–Trinajstić information content (AvgIpc) is 3.11. The van der Waals surface area contributed by atoms with Crippen LogP contribution < -0.4 is 22.1 Å². The molecule has 2 heterocycles. The number of aliphatic hydroxyl groups is 1. The van der Waals surface area contributed by atoms with E-state index in [9.17, 15) is 9.90 Å². The zero-order chi connectivity index (χ0) is 20.6. The smallest absolute Gasteiger partial charge is 0.224 e. The van der Waals surface area contributed by atoms with Crippen molar-refractivity contribution in [3.63, 3.8) is 0 Å². The van der Waals surface area contributed by atoms with E-state index in [1.807, 2.05) is 42.5 Å². The molecular weight excluding hydrogens is 380 g/mol. The molecule has 0 radical (unpaired) electrons. The van der Waals surface area contributed by atoms with Gasteiger partial charge in [0.2, 0.25) is 5.95 Å². The number of aromatic nitrogens is 2. The van der Waals surface area contributed by atoms with Gasteiger partial charge in [-0.2, -0.15) is 9.97 Å².